The van der Waals surface area contributed by atoms with Gasteiger partial charge in [0.2, 0.25) is 0 Å². The topological polar surface area (TPSA) is 38.0 Å². The molecule has 0 spiro atoms. The molecule has 3 N–H and O–H groups in total. The molecule has 0 bridgehead atoms. The Morgan fingerprint density at radius 1 is 1.05 bits per heavy atom. The minimum atomic E-state index is -4.46. The molecule has 0 fully saturated rings. The Kier molecular flexibility index (Phi) is 3.94. The van der Waals surface area contributed by atoms with Crippen molar-refractivity contribution in [3.63, 3.8) is 0 Å². The van der Waals surface area contributed by atoms with Crippen LogP contribution in [0.4, 0.5) is 30.2 Å². The first-order valence-corrected chi connectivity index (χ1v) is 6.56. The predicted octanol–water partition coefficient (Wildman–Crippen LogP) is 5.10. The molecule has 0 unspecified atom stereocenters. The molecule has 6 heteroatoms. The maximum atomic E-state index is 13.0. The van der Waals surface area contributed by atoms with Crippen LogP contribution < -0.4 is 11.1 Å². The standard InChI is InChI=1S/C14H12BrF3N2/c1-8-2-3-9(15)6-13(8)20-12-5-4-10(19)7-11(12)14(16,17)18/h2-7,20H,19H2,1H3. The summed E-state index contributed by atoms with van der Waals surface area (Å²) in [5.74, 6) is 0. The van der Waals surface area contributed by atoms with Crippen LogP contribution in [0.15, 0.2) is 40.9 Å². The van der Waals surface area contributed by atoms with Crippen LogP contribution in [0.2, 0.25) is 0 Å². The van der Waals surface area contributed by atoms with Gasteiger partial charge in [0, 0.05) is 15.8 Å². The second-order valence-corrected chi connectivity index (χ2v) is 5.30. The van der Waals surface area contributed by atoms with Crippen molar-refractivity contribution in [2.45, 2.75) is 13.1 Å². The summed E-state index contributed by atoms with van der Waals surface area (Å²) in [6.07, 6.45) is -4.46. The van der Waals surface area contributed by atoms with Gasteiger partial charge in [-0.2, -0.15) is 13.2 Å². The second kappa shape index (κ2) is 5.36. The number of aryl methyl sites for hydroxylation is 1. The Morgan fingerprint density at radius 3 is 2.40 bits per heavy atom. The van der Waals surface area contributed by atoms with Gasteiger partial charge in [0.1, 0.15) is 0 Å². The van der Waals surface area contributed by atoms with Crippen LogP contribution in [0.25, 0.3) is 0 Å². The highest BCUT2D eigenvalue weighted by Crippen LogP contribution is 2.38. The summed E-state index contributed by atoms with van der Waals surface area (Å²) in [5.41, 5.74) is 6.16. The van der Waals surface area contributed by atoms with Crippen molar-refractivity contribution in [3.05, 3.63) is 52.0 Å². The zero-order valence-electron chi connectivity index (χ0n) is 10.6. The van der Waals surface area contributed by atoms with Gasteiger partial charge in [0.15, 0.2) is 0 Å². The first kappa shape index (κ1) is 14.7. The molecular formula is C14H12BrF3N2. The van der Waals surface area contributed by atoms with E-state index in [9.17, 15) is 13.2 Å². The fourth-order valence-electron chi connectivity index (χ4n) is 1.78. The third kappa shape index (κ3) is 3.25. The van der Waals surface area contributed by atoms with Gasteiger partial charge in [-0.25, -0.2) is 0 Å². The van der Waals surface area contributed by atoms with E-state index in [1.54, 1.807) is 6.07 Å². The average molecular weight is 345 g/mol. The van der Waals surface area contributed by atoms with Crippen LogP contribution in [-0.4, -0.2) is 0 Å². The van der Waals surface area contributed by atoms with Crippen LogP contribution in [-0.2, 0) is 6.18 Å². The number of benzene rings is 2. The minimum Gasteiger partial charge on any atom is -0.399 e. The fourth-order valence-corrected chi connectivity index (χ4v) is 2.14. The van der Waals surface area contributed by atoms with E-state index in [1.165, 1.54) is 12.1 Å². The van der Waals surface area contributed by atoms with Gasteiger partial charge in [-0.15, -0.1) is 0 Å². The van der Waals surface area contributed by atoms with E-state index in [4.69, 9.17) is 5.73 Å². The van der Waals surface area contributed by atoms with E-state index < -0.39 is 11.7 Å². The number of alkyl halides is 3. The number of hydrogen-bond donors (Lipinski definition) is 2. The molecule has 2 nitrogen and oxygen atoms in total. The maximum absolute atomic E-state index is 13.0. The molecule has 0 aliphatic heterocycles. The molecular weight excluding hydrogens is 333 g/mol. The van der Waals surface area contributed by atoms with Crippen LogP contribution in [0.3, 0.4) is 0 Å². The van der Waals surface area contributed by atoms with E-state index in [0.717, 1.165) is 16.1 Å². The lowest BCUT2D eigenvalue weighted by atomic mass is 10.1. The molecule has 0 saturated carbocycles. The molecule has 0 aliphatic carbocycles. The molecule has 0 atom stereocenters. The van der Waals surface area contributed by atoms with Crippen molar-refractivity contribution in [1.82, 2.24) is 0 Å². The van der Waals surface area contributed by atoms with Crippen LogP contribution in [0, 0.1) is 6.92 Å². The smallest absolute Gasteiger partial charge is 0.399 e. The average Bonchev–Trinajstić information content (AvgIpc) is 2.34. The van der Waals surface area contributed by atoms with Gasteiger partial charge >= 0.3 is 6.18 Å². The zero-order chi connectivity index (χ0) is 14.9. The van der Waals surface area contributed by atoms with Crippen molar-refractivity contribution in [2.75, 3.05) is 11.1 Å². The highest BCUT2D eigenvalue weighted by Gasteiger charge is 2.33. The number of hydrogen-bond acceptors (Lipinski definition) is 2. The van der Waals surface area contributed by atoms with Crippen molar-refractivity contribution in [2.24, 2.45) is 0 Å². The van der Waals surface area contributed by atoms with Gasteiger partial charge in [-0.3, -0.25) is 0 Å². The fraction of sp³-hybridized carbons (Fsp3) is 0.143. The summed E-state index contributed by atoms with van der Waals surface area (Å²) < 4.78 is 39.8. The van der Waals surface area contributed by atoms with Crippen LogP contribution >= 0.6 is 15.9 Å². The number of nitrogen functional groups attached to an aromatic ring is 1. The number of nitrogens with two attached hydrogens (primary N) is 1. The van der Waals surface area contributed by atoms with Crippen LogP contribution in [0.5, 0.6) is 0 Å². The normalized spacial score (nSPS) is 11.4. The largest absolute Gasteiger partial charge is 0.418 e. The second-order valence-electron chi connectivity index (χ2n) is 4.39. The molecule has 2 aromatic rings. The van der Waals surface area contributed by atoms with E-state index in [1.807, 2.05) is 19.1 Å². The van der Waals surface area contributed by atoms with E-state index in [2.05, 4.69) is 21.2 Å². The first-order valence-electron chi connectivity index (χ1n) is 5.77. The van der Waals surface area contributed by atoms with Crippen molar-refractivity contribution in [1.29, 1.82) is 0 Å². The Hall–Kier alpha value is -1.69. The zero-order valence-corrected chi connectivity index (χ0v) is 12.1. The lowest BCUT2D eigenvalue weighted by molar-refractivity contribution is -0.136. The van der Waals surface area contributed by atoms with E-state index >= 15 is 0 Å². The highest BCUT2D eigenvalue weighted by molar-refractivity contribution is 9.10. The lowest BCUT2D eigenvalue weighted by Crippen LogP contribution is -2.10. The Balaban J connectivity index is 2.46. The maximum Gasteiger partial charge on any atom is 0.418 e. The first-order chi connectivity index (χ1) is 9.27. The molecule has 0 aliphatic rings. The SMILES string of the molecule is Cc1ccc(Br)cc1Nc1ccc(N)cc1C(F)(F)F. The molecule has 2 aromatic carbocycles. The van der Waals surface area contributed by atoms with Gasteiger partial charge < -0.3 is 11.1 Å². The van der Waals surface area contributed by atoms with Crippen LogP contribution in [0.1, 0.15) is 11.1 Å². The third-order valence-corrected chi connectivity index (χ3v) is 3.31. The summed E-state index contributed by atoms with van der Waals surface area (Å²) in [5, 5.41) is 2.81. The predicted molar refractivity (Wildman–Crippen MR) is 78.0 cm³/mol. The molecule has 20 heavy (non-hydrogen) atoms. The Bertz CT molecular complexity index is 639. The number of halogens is 4. The van der Waals surface area contributed by atoms with Gasteiger partial charge in [-0.05, 0) is 42.8 Å². The van der Waals surface area contributed by atoms with Crippen molar-refractivity contribution in [3.8, 4) is 0 Å². The van der Waals surface area contributed by atoms with Crippen molar-refractivity contribution < 1.29 is 13.2 Å². The molecule has 0 heterocycles. The molecule has 2 rings (SSSR count). The molecule has 0 amide bonds. The third-order valence-electron chi connectivity index (χ3n) is 2.82. The molecule has 0 saturated heterocycles. The Labute approximate surface area is 122 Å². The number of rotatable bonds is 2. The van der Waals surface area contributed by atoms with Crippen molar-refractivity contribution >= 4 is 33.0 Å². The quantitative estimate of drug-likeness (QED) is 0.743. The number of anilines is 3. The summed E-state index contributed by atoms with van der Waals surface area (Å²) in [4.78, 5) is 0. The van der Waals surface area contributed by atoms with Gasteiger partial charge in [-0.1, -0.05) is 22.0 Å². The molecule has 106 valence electrons. The number of nitrogens with one attached hydrogen (secondary N) is 1. The van der Waals surface area contributed by atoms with Gasteiger partial charge in [0.25, 0.3) is 0 Å². The van der Waals surface area contributed by atoms with E-state index in [-0.39, 0.29) is 11.4 Å². The highest BCUT2D eigenvalue weighted by atomic mass is 79.9. The lowest BCUT2D eigenvalue weighted by Gasteiger charge is -2.16. The molecule has 0 aromatic heterocycles. The summed E-state index contributed by atoms with van der Waals surface area (Å²) in [7, 11) is 0. The summed E-state index contributed by atoms with van der Waals surface area (Å²) in [6, 6.07) is 9.07. The van der Waals surface area contributed by atoms with Gasteiger partial charge in [0.05, 0.1) is 11.3 Å². The summed E-state index contributed by atoms with van der Waals surface area (Å²) in [6.45, 7) is 1.82. The molecule has 0 radical (unpaired) electrons. The summed E-state index contributed by atoms with van der Waals surface area (Å²) >= 11 is 3.30. The Morgan fingerprint density at radius 2 is 1.75 bits per heavy atom. The van der Waals surface area contributed by atoms with E-state index in [0.29, 0.717) is 5.69 Å². The monoisotopic (exact) mass is 344 g/mol. The minimum absolute atomic E-state index is 0.0205.